The molecule has 0 spiro atoms. The Morgan fingerprint density at radius 3 is 2.82 bits per heavy atom. The summed E-state index contributed by atoms with van der Waals surface area (Å²) in [5.74, 6) is -0.155. The van der Waals surface area contributed by atoms with E-state index in [1.165, 1.54) is 12.3 Å². The summed E-state index contributed by atoms with van der Waals surface area (Å²) in [7, 11) is 0. The summed E-state index contributed by atoms with van der Waals surface area (Å²) in [6.07, 6.45) is 1.54. The van der Waals surface area contributed by atoms with E-state index in [4.69, 9.17) is 16.3 Å². The number of rotatable bonds is 2. The van der Waals surface area contributed by atoms with Gasteiger partial charge in [0.25, 0.3) is 0 Å². The van der Waals surface area contributed by atoms with E-state index in [-0.39, 0.29) is 11.6 Å². The summed E-state index contributed by atoms with van der Waals surface area (Å²) >= 11 is 9.16. The zero-order valence-corrected chi connectivity index (χ0v) is 11.2. The molecule has 0 aliphatic carbocycles. The Bertz CT molecular complexity index is 562. The summed E-state index contributed by atoms with van der Waals surface area (Å²) in [6, 6.07) is 6.24. The monoisotopic (exact) mass is 315 g/mol. The number of nitrogens with zero attached hydrogens (tertiary/aromatic N) is 1. The number of aryl methyl sites for hydroxylation is 1. The molecule has 5 heteroatoms. The van der Waals surface area contributed by atoms with Gasteiger partial charge in [-0.2, -0.15) is 0 Å². The highest BCUT2D eigenvalue weighted by atomic mass is 79.9. The van der Waals surface area contributed by atoms with Crippen molar-refractivity contribution in [2.75, 3.05) is 0 Å². The second kappa shape index (κ2) is 5.02. The minimum absolute atomic E-state index is 0.113. The molecular weight excluding hydrogens is 308 g/mol. The Balaban J connectivity index is 2.34. The molecule has 0 unspecified atom stereocenters. The zero-order valence-electron chi connectivity index (χ0n) is 8.88. The molecule has 0 saturated carbocycles. The Morgan fingerprint density at radius 1 is 1.35 bits per heavy atom. The van der Waals surface area contributed by atoms with E-state index >= 15 is 0 Å². The highest BCUT2D eigenvalue weighted by Crippen LogP contribution is 2.30. The first-order valence-corrected chi connectivity index (χ1v) is 5.98. The molecule has 1 heterocycles. The summed E-state index contributed by atoms with van der Waals surface area (Å²) in [5, 5.41) is 0.320. The predicted molar refractivity (Wildman–Crippen MR) is 68.2 cm³/mol. The minimum Gasteiger partial charge on any atom is -0.434 e. The van der Waals surface area contributed by atoms with E-state index in [1.54, 1.807) is 18.2 Å². The molecule has 0 aliphatic rings. The summed E-state index contributed by atoms with van der Waals surface area (Å²) < 4.78 is 19.5. The lowest BCUT2D eigenvalue weighted by molar-refractivity contribution is 0.427. The third kappa shape index (κ3) is 2.96. The van der Waals surface area contributed by atoms with Gasteiger partial charge in [0.1, 0.15) is 5.02 Å². The minimum atomic E-state index is -0.448. The number of benzene rings is 1. The fourth-order valence-corrected chi connectivity index (χ4v) is 1.94. The Hall–Kier alpha value is -1.13. The number of ether oxygens (including phenoxy) is 1. The van der Waals surface area contributed by atoms with Crippen LogP contribution in [0, 0.1) is 12.7 Å². The van der Waals surface area contributed by atoms with E-state index in [0.717, 1.165) is 10.0 Å². The van der Waals surface area contributed by atoms with Gasteiger partial charge in [-0.25, -0.2) is 9.37 Å². The normalized spacial score (nSPS) is 10.4. The molecule has 17 heavy (non-hydrogen) atoms. The molecule has 2 aromatic rings. The molecule has 0 fully saturated rings. The fraction of sp³-hybridized carbons (Fsp3) is 0.0833. The molecule has 0 atom stereocenters. The number of aromatic nitrogens is 1. The average molecular weight is 317 g/mol. The third-order valence-corrected chi connectivity index (χ3v) is 2.77. The maximum Gasteiger partial charge on any atom is 0.238 e. The van der Waals surface area contributed by atoms with Crippen LogP contribution >= 0.6 is 27.5 Å². The first-order valence-electron chi connectivity index (χ1n) is 4.81. The number of pyridine rings is 1. The first kappa shape index (κ1) is 12.3. The van der Waals surface area contributed by atoms with Gasteiger partial charge < -0.3 is 4.74 Å². The summed E-state index contributed by atoms with van der Waals surface area (Å²) in [5.41, 5.74) is 0.898. The second-order valence-corrected chi connectivity index (χ2v) is 4.80. The molecule has 0 aliphatic heterocycles. The molecule has 0 amide bonds. The van der Waals surface area contributed by atoms with Gasteiger partial charge in [0.2, 0.25) is 5.88 Å². The fourth-order valence-electron chi connectivity index (χ4n) is 1.27. The molecule has 2 nitrogen and oxygen atoms in total. The highest BCUT2D eigenvalue weighted by molar-refractivity contribution is 9.10. The number of hydrogen-bond donors (Lipinski definition) is 0. The van der Waals surface area contributed by atoms with Crippen molar-refractivity contribution < 1.29 is 9.13 Å². The lowest BCUT2D eigenvalue weighted by Crippen LogP contribution is -1.92. The number of hydrogen-bond acceptors (Lipinski definition) is 2. The van der Waals surface area contributed by atoms with Crippen LogP contribution < -0.4 is 4.74 Å². The van der Waals surface area contributed by atoms with Crippen LogP contribution in [0.2, 0.25) is 5.02 Å². The number of halogens is 3. The molecular formula is C12H8BrClFNO. The largest absolute Gasteiger partial charge is 0.434 e. The zero-order chi connectivity index (χ0) is 12.4. The van der Waals surface area contributed by atoms with Crippen molar-refractivity contribution in [1.29, 1.82) is 0 Å². The maximum atomic E-state index is 13.5. The van der Waals surface area contributed by atoms with Crippen molar-refractivity contribution in [1.82, 2.24) is 4.98 Å². The molecule has 88 valence electrons. The van der Waals surface area contributed by atoms with Crippen molar-refractivity contribution in [3.63, 3.8) is 0 Å². The lowest BCUT2D eigenvalue weighted by atomic mass is 10.2. The van der Waals surface area contributed by atoms with Gasteiger partial charge >= 0.3 is 0 Å². The van der Waals surface area contributed by atoms with Gasteiger partial charge in [-0.1, -0.05) is 17.7 Å². The van der Waals surface area contributed by atoms with Gasteiger partial charge in [0.05, 0.1) is 0 Å². The van der Waals surface area contributed by atoms with Crippen LogP contribution in [0.3, 0.4) is 0 Å². The lowest BCUT2D eigenvalue weighted by Gasteiger charge is -2.08. The standard InChI is InChI=1S/C12H8BrClFNO/c1-7-2-3-10(15)11(4-7)17-12-9(14)5-8(13)6-16-12/h2-6H,1H3. The van der Waals surface area contributed by atoms with Gasteiger partial charge in [0, 0.05) is 10.7 Å². The summed E-state index contributed by atoms with van der Waals surface area (Å²) in [4.78, 5) is 3.98. The van der Waals surface area contributed by atoms with Crippen molar-refractivity contribution in [3.8, 4) is 11.6 Å². The molecule has 1 aromatic carbocycles. The molecule has 1 aromatic heterocycles. The van der Waals surface area contributed by atoms with Crippen molar-refractivity contribution in [3.05, 3.63) is 51.3 Å². The predicted octanol–water partition coefficient (Wildman–Crippen LogP) is 4.74. The Labute approximate surface area is 112 Å². The quantitative estimate of drug-likeness (QED) is 0.798. The second-order valence-electron chi connectivity index (χ2n) is 3.48. The van der Waals surface area contributed by atoms with Gasteiger partial charge in [0.15, 0.2) is 11.6 Å². The molecule has 2 rings (SSSR count). The van der Waals surface area contributed by atoms with Crippen LogP contribution in [-0.4, -0.2) is 4.98 Å². The van der Waals surface area contributed by atoms with E-state index in [9.17, 15) is 4.39 Å². The Morgan fingerprint density at radius 2 is 2.12 bits per heavy atom. The van der Waals surface area contributed by atoms with Crippen LogP contribution in [0.5, 0.6) is 11.6 Å². The van der Waals surface area contributed by atoms with Crippen LogP contribution in [0.1, 0.15) is 5.56 Å². The van der Waals surface area contributed by atoms with Crippen LogP contribution in [0.15, 0.2) is 34.9 Å². The van der Waals surface area contributed by atoms with Gasteiger partial charge in [-0.05, 0) is 46.6 Å². The van der Waals surface area contributed by atoms with Crippen molar-refractivity contribution >= 4 is 27.5 Å². The van der Waals surface area contributed by atoms with E-state index in [0.29, 0.717) is 5.02 Å². The van der Waals surface area contributed by atoms with Gasteiger partial charge in [-0.15, -0.1) is 0 Å². The van der Waals surface area contributed by atoms with Crippen LogP contribution in [0.25, 0.3) is 0 Å². The Kier molecular flexibility index (Phi) is 3.64. The third-order valence-electron chi connectivity index (χ3n) is 2.07. The van der Waals surface area contributed by atoms with E-state index in [2.05, 4.69) is 20.9 Å². The van der Waals surface area contributed by atoms with Crippen molar-refractivity contribution in [2.24, 2.45) is 0 Å². The molecule has 0 radical (unpaired) electrons. The topological polar surface area (TPSA) is 22.1 Å². The smallest absolute Gasteiger partial charge is 0.238 e. The van der Waals surface area contributed by atoms with Crippen LogP contribution in [-0.2, 0) is 0 Å². The molecule has 0 bridgehead atoms. The van der Waals surface area contributed by atoms with Crippen LogP contribution in [0.4, 0.5) is 4.39 Å². The maximum absolute atomic E-state index is 13.5. The molecule has 0 N–H and O–H groups in total. The highest BCUT2D eigenvalue weighted by Gasteiger charge is 2.09. The first-order chi connectivity index (χ1) is 8.06. The van der Waals surface area contributed by atoms with E-state index in [1.807, 2.05) is 6.92 Å². The molecule has 0 saturated heterocycles. The summed E-state index contributed by atoms with van der Waals surface area (Å²) in [6.45, 7) is 1.85. The van der Waals surface area contributed by atoms with Crippen molar-refractivity contribution in [2.45, 2.75) is 6.92 Å². The SMILES string of the molecule is Cc1ccc(F)c(Oc2ncc(Br)cc2Cl)c1. The van der Waals surface area contributed by atoms with E-state index < -0.39 is 5.82 Å². The van der Waals surface area contributed by atoms with Gasteiger partial charge in [-0.3, -0.25) is 0 Å². The average Bonchev–Trinajstić information content (AvgIpc) is 2.27.